The third-order valence-electron chi connectivity index (χ3n) is 3.71. The predicted molar refractivity (Wildman–Crippen MR) is 101 cm³/mol. The highest BCUT2D eigenvalue weighted by molar-refractivity contribution is 5.71. The molecule has 0 bridgehead atoms. The van der Waals surface area contributed by atoms with Gasteiger partial charge in [-0.3, -0.25) is 10.1 Å². The molecule has 1 aromatic heterocycles. The van der Waals surface area contributed by atoms with Gasteiger partial charge >= 0.3 is 5.69 Å². The molecule has 138 valence electrons. The number of para-hydroxylation sites is 1. The summed E-state index contributed by atoms with van der Waals surface area (Å²) in [6, 6.07) is 16.9. The molecule has 0 atom stereocenters. The summed E-state index contributed by atoms with van der Waals surface area (Å²) in [6.07, 6.45) is 3.25. The molecule has 0 aliphatic rings. The van der Waals surface area contributed by atoms with Crippen molar-refractivity contribution in [1.29, 1.82) is 0 Å². The normalized spacial score (nSPS) is 10.9. The van der Waals surface area contributed by atoms with Crippen LogP contribution in [-0.2, 0) is 0 Å². The van der Waals surface area contributed by atoms with Crippen LogP contribution in [0.15, 0.2) is 59.1 Å². The number of ether oxygens (including phenoxy) is 2. The quantitative estimate of drug-likeness (QED) is 0.331. The van der Waals surface area contributed by atoms with Gasteiger partial charge in [0.1, 0.15) is 24.7 Å². The van der Waals surface area contributed by atoms with Crippen molar-refractivity contribution in [3.05, 3.63) is 81.7 Å². The molecular formula is C20H18N2O5. The second-order valence-electron chi connectivity index (χ2n) is 5.65. The van der Waals surface area contributed by atoms with Gasteiger partial charge < -0.3 is 14.0 Å². The zero-order valence-electron chi connectivity index (χ0n) is 14.7. The van der Waals surface area contributed by atoms with Gasteiger partial charge in [0.25, 0.3) is 0 Å². The maximum absolute atomic E-state index is 11.0. The van der Waals surface area contributed by atoms with Crippen LogP contribution in [0.3, 0.4) is 0 Å². The molecule has 0 N–H and O–H groups in total. The summed E-state index contributed by atoms with van der Waals surface area (Å²) in [5, 5.41) is 14.6. The molecule has 0 radical (unpaired) electrons. The molecule has 0 amide bonds. The third kappa shape index (κ3) is 4.94. The Morgan fingerprint density at radius 1 is 1.00 bits per heavy atom. The van der Waals surface area contributed by atoms with Crippen molar-refractivity contribution in [1.82, 2.24) is 5.16 Å². The Labute approximate surface area is 156 Å². The highest BCUT2D eigenvalue weighted by Gasteiger charge is 2.21. The molecule has 0 spiro atoms. The minimum Gasteiger partial charge on any atom is -0.490 e. The van der Waals surface area contributed by atoms with Gasteiger partial charge in [0, 0.05) is 0 Å². The van der Waals surface area contributed by atoms with E-state index >= 15 is 0 Å². The maximum Gasteiger partial charge on any atom is 0.338 e. The lowest BCUT2D eigenvalue weighted by Gasteiger charge is -2.08. The van der Waals surface area contributed by atoms with E-state index in [1.54, 1.807) is 6.08 Å². The van der Waals surface area contributed by atoms with Gasteiger partial charge in [-0.25, -0.2) is 0 Å². The van der Waals surface area contributed by atoms with Crippen molar-refractivity contribution < 1.29 is 18.9 Å². The molecule has 3 aromatic rings. The molecule has 3 rings (SSSR count). The fraction of sp³-hybridized carbons (Fsp3) is 0.150. The molecule has 0 aliphatic carbocycles. The van der Waals surface area contributed by atoms with Crippen LogP contribution >= 0.6 is 0 Å². The smallest absolute Gasteiger partial charge is 0.338 e. The molecule has 0 saturated heterocycles. The minimum atomic E-state index is -0.500. The number of hydrogen-bond acceptors (Lipinski definition) is 6. The van der Waals surface area contributed by atoms with E-state index in [0.717, 1.165) is 11.3 Å². The first-order valence-corrected chi connectivity index (χ1v) is 8.33. The lowest BCUT2D eigenvalue weighted by atomic mass is 10.2. The van der Waals surface area contributed by atoms with E-state index in [0.29, 0.717) is 19.0 Å². The number of rotatable bonds is 8. The standard InChI is InChI=1S/C20H18N2O5/c1-15-20(22(23)24)19(27-21-15)12-9-16-7-10-18(11-8-16)26-14-13-25-17-5-3-2-4-6-17/h2-12H,13-14H2,1H3/b12-9-. The maximum atomic E-state index is 11.0. The molecular weight excluding hydrogens is 348 g/mol. The van der Waals surface area contributed by atoms with Crippen LogP contribution in [0.4, 0.5) is 5.69 Å². The van der Waals surface area contributed by atoms with E-state index in [1.165, 1.54) is 13.0 Å². The number of nitrogens with zero attached hydrogens (tertiary/aromatic N) is 2. The van der Waals surface area contributed by atoms with E-state index in [4.69, 9.17) is 14.0 Å². The van der Waals surface area contributed by atoms with Crippen LogP contribution in [0.1, 0.15) is 17.0 Å². The summed E-state index contributed by atoms with van der Waals surface area (Å²) in [5.74, 6) is 1.64. The van der Waals surface area contributed by atoms with Crippen LogP contribution < -0.4 is 9.47 Å². The van der Waals surface area contributed by atoms with Gasteiger partial charge in [0.05, 0.1) is 4.92 Å². The van der Waals surface area contributed by atoms with Crippen molar-refractivity contribution in [2.75, 3.05) is 13.2 Å². The SMILES string of the molecule is Cc1noc(/C=C\c2ccc(OCCOc3ccccc3)cc2)c1[N+](=O)[O-]. The van der Waals surface area contributed by atoms with E-state index < -0.39 is 4.92 Å². The molecule has 0 fully saturated rings. The predicted octanol–water partition coefficient (Wildman–Crippen LogP) is 4.52. The zero-order chi connectivity index (χ0) is 19.1. The van der Waals surface area contributed by atoms with Gasteiger partial charge in [-0.15, -0.1) is 0 Å². The first-order valence-electron chi connectivity index (χ1n) is 8.33. The van der Waals surface area contributed by atoms with Gasteiger partial charge in [-0.1, -0.05) is 41.6 Å². The van der Waals surface area contributed by atoms with Gasteiger partial charge in [0.2, 0.25) is 5.76 Å². The van der Waals surface area contributed by atoms with Crippen molar-refractivity contribution in [2.45, 2.75) is 6.92 Å². The van der Waals surface area contributed by atoms with Crippen LogP contribution in [0, 0.1) is 17.0 Å². The van der Waals surface area contributed by atoms with Crippen molar-refractivity contribution in [3.8, 4) is 11.5 Å². The molecule has 0 saturated carbocycles. The molecule has 0 aliphatic heterocycles. The number of aromatic nitrogens is 1. The summed E-state index contributed by atoms with van der Waals surface area (Å²) < 4.78 is 16.2. The van der Waals surface area contributed by atoms with E-state index in [9.17, 15) is 10.1 Å². The first kappa shape index (κ1) is 18.2. The van der Waals surface area contributed by atoms with Crippen molar-refractivity contribution in [2.24, 2.45) is 0 Å². The summed E-state index contributed by atoms with van der Waals surface area (Å²) >= 11 is 0. The Kier molecular flexibility index (Phi) is 5.84. The number of benzene rings is 2. The summed E-state index contributed by atoms with van der Waals surface area (Å²) in [7, 11) is 0. The van der Waals surface area contributed by atoms with Gasteiger partial charge in [-0.05, 0) is 42.8 Å². The van der Waals surface area contributed by atoms with Crippen molar-refractivity contribution >= 4 is 17.8 Å². The van der Waals surface area contributed by atoms with Crippen LogP contribution in [-0.4, -0.2) is 23.3 Å². The largest absolute Gasteiger partial charge is 0.490 e. The molecule has 1 heterocycles. The Morgan fingerprint density at radius 2 is 1.63 bits per heavy atom. The lowest BCUT2D eigenvalue weighted by molar-refractivity contribution is -0.386. The molecule has 0 unspecified atom stereocenters. The summed E-state index contributed by atoms with van der Waals surface area (Å²) in [4.78, 5) is 10.5. The topological polar surface area (TPSA) is 87.6 Å². The average molecular weight is 366 g/mol. The van der Waals surface area contributed by atoms with Crippen LogP contribution in [0.2, 0.25) is 0 Å². The van der Waals surface area contributed by atoms with E-state index in [-0.39, 0.29) is 17.1 Å². The fourth-order valence-corrected chi connectivity index (χ4v) is 2.40. The first-order chi connectivity index (χ1) is 13.1. The fourth-order valence-electron chi connectivity index (χ4n) is 2.40. The van der Waals surface area contributed by atoms with Gasteiger partial charge in [0.15, 0.2) is 5.69 Å². The molecule has 2 aromatic carbocycles. The lowest BCUT2D eigenvalue weighted by Crippen LogP contribution is -2.08. The molecule has 27 heavy (non-hydrogen) atoms. The number of hydrogen-bond donors (Lipinski definition) is 0. The Bertz CT molecular complexity index is 917. The average Bonchev–Trinajstić information content (AvgIpc) is 3.06. The second kappa shape index (κ2) is 8.66. The highest BCUT2D eigenvalue weighted by Crippen LogP contribution is 2.24. The molecule has 7 heteroatoms. The Morgan fingerprint density at radius 3 is 2.26 bits per heavy atom. The Balaban J connectivity index is 1.52. The van der Waals surface area contributed by atoms with Crippen LogP contribution in [0.5, 0.6) is 11.5 Å². The van der Waals surface area contributed by atoms with E-state index in [1.807, 2.05) is 54.6 Å². The molecule has 7 nitrogen and oxygen atoms in total. The van der Waals surface area contributed by atoms with Crippen molar-refractivity contribution in [3.63, 3.8) is 0 Å². The second-order valence-corrected chi connectivity index (χ2v) is 5.65. The number of aryl methyl sites for hydroxylation is 1. The Hall–Kier alpha value is -3.61. The third-order valence-corrected chi connectivity index (χ3v) is 3.71. The highest BCUT2D eigenvalue weighted by atomic mass is 16.6. The minimum absolute atomic E-state index is 0.121. The van der Waals surface area contributed by atoms with Gasteiger partial charge in [-0.2, -0.15) is 0 Å². The van der Waals surface area contributed by atoms with E-state index in [2.05, 4.69) is 5.16 Å². The zero-order valence-corrected chi connectivity index (χ0v) is 14.7. The summed E-state index contributed by atoms with van der Waals surface area (Å²) in [5.41, 5.74) is 0.983. The number of nitro groups is 1. The van der Waals surface area contributed by atoms with Crippen LogP contribution in [0.25, 0.3) is 12.2 Å². The summed E-state index contributed by atoms with van der Waals surface area (Å²) in [6.45, 7) is 2.40. The monoisotopic (exact) mass is 366 g/mol.